The number of methoxy groups -OCH3 is 1. The van der Waals surface area contributed by atoms with Gasteiger partial charge >= 0.3 is 0 Å². The Morgan fingerprint density at radius 3 is 2.76 bits per heavy atom. The fraction of sp³-hybridized carbons (Fsp3) is 0.250. The first-order valence-corrected chi connectivity index (χ1v) is 10.6. The number of aromatic nitrogens is 3. The average molecular weight is 464 g/mol. The Morgan fingerprint density at radius 1 is 1.21 bits per heavy atom. The molecule has 0 fully saturated rings. The highest BCUT2D eigenvalue weighted by Gasteiger charge is 2.28. The van der Waals surface area contributed by atoms with Gasteiger partial charge in [-0.2, -0.15) is 0 Å². The van der Waals surface area contributed by atoms with E-state index in [1.165, 1.54) is 25.3 Å². The summed E-state index contributed by atoms with van der Waals surface area (Å²) in [5.74, 6) is -0.892. The van der Waals surface area contributed by atoms with E-state index in [4.69, 9.17) is 9.15 Å². The molecular weight excluding hydrogens is 440 g/mol. The van der Waals surface area contributed by atoms with Gasteiger partial charge in [-0.05, 0) is 43.7 Å². The minimum absolute atomic E-state index is 0.0477. The van der Waals surface area contributed by atoms with E-state index in [-0.39, 0.29) is 35.3 Å². The molecule has 4 rings (SSSR count). The van der Waals surface area contributed by atoms with Crippen molar-refractivity contribution in [3.8, 4) is 17.2 Å². The third-order valence-electron chi connectivity index (χ3n) is 5.49. The number of aromatic hydroxyl groups is 2. The number of carbonyl (C=O) groups excluding carboxylic acids is 1. The molecule has 176 valence electrons. The number of carbonyl (C=O) groups is 1. The topological polar surface area (TPSA) is 139 Å². The molecule has 4 aromatic rings. The van der Waals surface area contributed by atoms with Gasteiger partial charge in [0.05, 0.1) is 19.1 Å². The highest BCUT2D eigenvalue weighted by molar-refractivity contribution is 5.78. The first-order valence-electron chi connectivity index (χ1n) is 10.6. The van der Waals surface area contributed by atoms with Crippen LogP contribution in [0.1, 0.15) is 48.2 Å². The zero-order valence-corrected chi connectivity index (χ0v) is 18.8. The number of amides is 1. The number of phenolic OH excluding ortho intramolecular Hbond substituents is 1. The van der Waals surface area contributed by atoms with Crippen molar-refractivity contribution in [3.63, 3.8) is 0 Å². The van der Waals surface area contributed by atoms with Crippen LogP contribution in [0.5, 0.6) is 17.2 Å². The highest BCUT2D eigenvalue weighted by atomic mass is 16.5. The lowest BCUT2D eigenvalue weighted by Crippen LogP contribution is -2.29. The number of nitrogens with one attached hydrogen (secondary N) is 1. The van der Waals surface area contributed by atoms with Crippen molar-refractivity contribution in [3.05, 3.63) is 81.8 Å². The molecular formula is C24H24N4O6. The molecule has 3 N–H and O–H groups in total. The van der Waals surface area contributed by atoms with Gasteiger partial charge in [0, 0.05) is 18.7 Å². The predicted molar refractivity (Wildman–Crippen MR) is 122 cm³/mol. The molecule has 1 aromatic carbocycles. The molecule has 0 spiro atoms. The van der Waals surface area contributed by atoms with E-state index in [1.54, 1.807) is 30.5 Å². The standard InChI is InChI=1S/C24H24N4O6/c1-13-10-18(30)22(32)23(34-13)16(15-7-8-17(29)19(11-15)33-3)12-21(31)25-14(2)24-27-26-20-6-4-5-9-28(20)24/h4-11,14,16,29,32H,12H2,1-3H3,(H,25,31)/t14-,16?/m1/s1. The number of pyridine rings is 1. The molecule has 10 heteroatoms. The summed E-state index contributed by atoms with van der Waals surface area (Å²) in [4.78, 5) is 25.3. The number of fused-ring (bicyclic) bond motifs is 1. The molecule has 10 nitrogen and oxygen atoms in total. The second kappa shape index (κ2) is 9.26. The van der Waals surface area contributed by atoms with E-state index in [9.17, 15) is 19.8 Å². The van der Waals surface area contributed by atoms with Gasteiger partial charge in [-0.1, -0.05) is 12.1 Å². The Labute approximate surface area is 194 Å². The fourth-order valence-corrected chi connectivity index (χ4v) is 3.84. The van der Waals surface area contributed by atoms with Crippen molar-refractivity contribution in [2.24, 2.45) is 0 Å². The van der Waals surface area contributed by atoms with E-state index < -0.39 is 23.1 Å². The van der Waals surface area contributed by atoms with E-state index in [1.807, 2.05) is 18.2 Å². The summed E-state index contributed by atoms with van der Waals surface area (Å²) in [5, 5.41) is 31.6. The summed E-state index contributed by atoms with van der Waals surface area (Å²) in [6.45, 7) is 3.36. The van der Waals surface area contributed by atoms with Gasteiger partial charge in [-0.3, -0.25) is 14.0 Å². The van der Waals surface area contributed by atoms with Crippen molar-refractivity contribution in [1.82, 2.24) is 19.9 Å². The lowest BCUT2D eigenvalue weighted by molar-refractivity contribution is -0.122. The van der Waals surface area contributed by atoms with Gasteiger partial charge < -0.3 is 24.7 Å². The molecule has 0 saturated heterocycles. The summed E-state index contributed by atoms with van der Waals surface area (Å²) in [6.07, 6.45) is 1.65. The van der Waals surface area contributed by atoms with Gasteiger partial charge in [-0.25, -0.2) is 0 Å². The summed E-state index contributed by atoms with van der Waals surface area (Å²) in [7, 11) is 1.40. The number of benzene rings is 1. The van der Waals surface area contributed by atoms with Crippen LogP contribution in [0.2, 0.25) is 0 Å². The molecule has 0 aliphatic heterocycles. The Morgan fingerprint density at radius 2 is 2.00 bits per heavy atom. The third-order valence-corrected chi connectivity index (χ3v) is 5.49. The van der Waals surface area contributed by atoms with Gasteiger partial charge in [-0.15, -0.1) is 10.2 Å². The summed E-state index contributed by atoms with van der Waals surface area (Å²) in [5.41, 5.74) is 0.548. The predicted octanol–water partition coefficient (Wildman–Crippen LogP) is 2.81. The minimum Gasteiger partial charge on any atom is -0.504 e. The zero-order chi connectivity index (χ0) is 24.4. The van der Waals surface area contributed by atoms with Crippen LogP contribution in [0.4, 0.5) is 0 Å². The van der Waals surface area contributed by atoms with Crippen LogP contribution in [0.15, 0.2) is 57.9 Å². The van der Waals surface area contributed by atoms with Crippen molar-refractivity contribution in [2.45, 2.75) is 32.2 Å². The summed E-state index contributed by atoms with van der Waals surface area (Å²) in [6, 6.07) is 10.7. The summed E-state index contributed by atoms with van der Waals surface area (Å²) < 4.78 is 12.6. The molecule has 0 bridgehead atoms. The first kappa shape index (κ1) is 22.8. The quantitative estimate of drug-likeness (QED) is 0.379. The van der Waals surface area contributed by atoms with E-state index >= 15 is 0 Å². The maximum atomic E-state index is 13.1. The van der Waals surface area contributed by atoms with E-state index in [2.05, 4.69) is 15.5 Å². The molecule has 0 radical (unpaired) electrons. The molecule has 1 unspecified atom stereocenters. The largest absolute Gasteiger partial charge is 0.504 e. The van der Waals surface area contributed by atoms with Gasteiger partial charge in [0.15, 0.2) is 28.7 Å². The smallest absolute Gasteiger partial charge is 0.227 e. The SMILES string of the molecule is COc1cc(C(CC(=O)N[C@H](C)c2nnc3ccccn23)c2oc(C)cc(=O)c2O)ccc1O. The lowest BCUT2D eigenvalue weighted by Gasteiger charge is -2.20. The Hall–Kier alpha value is -4.34. The Kier molecular flexibility index (Phi) is 6.22. The molecule has 0 aliphatic carbocycles. The van der Waals surface area contributed by atoms with Crippen molar-refractivity contribution < 1.29 is 24.2 Å². The van der Waals surface area contributed by atoms with Gasteiger partial charge in [0.25, 0.3) is 0 Å². The number of rotatable bonds is 7. The van der Waals surface area contributed by atoms with Crippen LogP contribution in [0.3, 0.4) is 0 Å². The second-order valence-corrected chi connectivity index (χ2v) is 7.90. The number of aryl methyl sites for hydroxylation is 1. The van der Waals surface area contributed by atoms with E-state index in [0.717, 1.165) is 0 Å². The molecule has 0 aliphatic rings. The molecule has 3 aromatic heterocycles. The van der Waals surface area contributed by atoms with E-state index in [0.29, 0.717) is 17.0 Å². The Bertz CT molecular complexity index is 1410. The number of ether oxygens (including phenoxy) is 1. The maximum absolute atomic E-state index is 13.1. The average Bonchev–Trinajstić information content (AvgIpc) is 3.25. The third kappa shape index (κ3) is 4.42. The van der Waals surface area contributed by atoms with Crippen molar-refractivity contribution in [1.29, 1.82) is 0 Å². The van der Waals surface area contributed by atoms with Crippen LogP contribution in [0, 0.1) is 6.92 Å². The van der Waals surface area contributed by atoms with Crippen LogP contribution in [-0.4, -0.2) is 37.8 Å². The minimum atomic E-state index is -0.829. The maximum Gasteiger partial charge on any atom is 0.227 e. The number of phenols is 1. The lowest BCUT2D eigenvalue weighted by atomic mass is 9.91. The fourth-order valence-electron chi connectivity index (χ4n) is 3.84. The van der Waals surface area contributed by atoms with Crippen LogP contribution in [0.25, 0.3) is 5.65 Å². The van der Waals surface area contributed by atoms with Gasteiger partial charge in [0.2, 0.25) is 17.1 Å². The first-order chi connectivity index (χ1) is 16.3. The highest BCUT2D eigenvalue weighted by Crippen LogP contribution is 2.37. The summed E-state index contributed by atoms with van der Waals surface area (Å²) >= 11 is 0. The molecule has 0 saturated carbocycles. The number of nitrogens with zero attached hydrogens (tertiary/aromatic N) is 3. The zero-order valence-electron chi connectivity index (χ0n) is 18.8. The Balaban J connectivity index is 1.67. The second-order valence-electron chi connectivity index (χ2n) is 7.90. The molecule has 2 atom stereocenters. The van der Waals surface area contributed by atoms with Crippen molar-refractivity contribution in [2.75, 3.05) is 7.11 Å². The van der Waals surface area contributed by atoms with Crippen molar-refractivity contribution >= 4 is 11.6 Å². The van der Waals surface area contributed by atoms with Crippen LogP contribution >= 0.6 is 0 Å². The molecule has 34 heavy (non-hydrogen) atoms. The molecule has 3 heterocycles. The van der Waals surface area contributed by atoms with Gasteiger partial charge in [0.1, 0.15) is 5.76 Å². The monoisotopic (exact) mass is 464 g/mol. The number of hydrogen-bond donors (Lipinski definition) is 3. The van der Waals surface area contributed by atoms with Crippen LogP contribution in [-0.2, 0) is 4.79 Å². The van der Waals surface area contributed by atoms with Crippen LogP contribution < -0.4 is 15.5 Å². The number of hydrogen-bond acceptors (Lipinski definition) is 8. The normalized spacial score (nSPS) is 12.9. The molecule has 1 amide bonds.